The molecule has 0 saturated carbocycles. The lowest BCUT2D eigenvalue weighted by molar-refractivity contribution is 0.102. The number of hydrogen-bond donors (Lipinski definition) is 2. The van der Waals surface area contributed by atoms with Crippen molar-refractivity contribution in [3.63, 3.8) is 0 Å². The highest BCUT2D eigenvalue weighted by Gasteiger charge is 2.23. The number of aromatic nitrogens is 4. The zero-order valence-electron chi connectivity index (χ0n) is 17.2. The van der Waals surface area contributed by atoms with E-state index in [1.807, 2.05) is 29.8 Å². The van der Waals surface area contributed by atoms with Crippen LogP contribution < -0.4 is 10.6 Å². The average Bonchev–Trinajstić information content (AvgIpc) is 3.25. The predicted molar refractivity (Wildman–Crippen MR) is 119 cm³/mol. The Balaban J connectivity index is 0.00000240. The van der Waals surface area contributed by atoms with Crippen molar-refractivity contribution >= 4 is 45.6 Å². The molecule has 0 atom stereocenters. The standard InChI is InChI=1S/C20H26N6OS.ClH/c1-12-17(24-25-26(12)14-7-9-21-10-8-14)18(27)22-13-5-6-15-16(11-13)28-19(23-15)20(2,3)4;/h5-6,11,14,21H,7-10H2,1-4H3,(H,22,27);1H. The molecule has 0 bridgehead atoms. The smallest absolute Gasteiger partial charge is 0.278 e. The zero-order chi connectivity index (χ0) is 19.9. The van der Waals surface area contributed by atoms with Gasteiger partial charge in [0.05, 0.1) is 27.0 Å². The van der Waals surface area contributed by atoms with Crippen LogP contribution in [0.2, 0.25) is 0 Å². The number of amides is 1. The summed E-state index contributed by atoms with van der Waals surface area (Å²) in [5, 5.41) is 15.8. The molecule has 1 aromatic carbocycles. The van der Waals surface area contributed by atoms with Crippen LogP contribution >= 0.6 is 23.7 Å². The molecule has 7 nitrogen and oxygen atoms in total. The first-order chi connectivity index (χ1) is 13.3. The van der Waals surface area contributed by atoms with E-state index in [0.29, 0.717) is 11.7 Å². The Morgan fingerprint density at radius 1 is 1.28 bits per heavy atom. The van der Waals surface area contributed by atoms with Crippen LogP contribution in [0, 0.1) is 6.92 Å². The second-order valence-electron chi connectivity index (χ2n) is 8.35. The number of nitrogens with zero attached hydrogens (tertiary/aromatic N) is 4. The highest BCUT2D eigenvalue weighted by atomic mass is 35.5. The lowest BCUT2D eigenvalue weighted by Crippen LogP contribution is -2.30. The first-order valence-electron chi connectivity index (χ1n) is 9.68. The maximum absolute atomic E-state index is 12.8. The second kappa shape index (κ2) is 8.38. The van der Waals surface area contributed by atoms with Crippen molar-refractivity contribution in [2.24, 2.45) is 0 Å². The number of rotatable bonds is 3. The molecular weight excluding hydrogens is 408 g/mol. The van der Waals surface area contributed by atoms with Crippen LogP contribution in [-0.4, -0.2) is 39.0 Å². The predicted octanol–water partition coefficient (Wildman–Crippen LogP) is 4.09. The van der Waals surface area contributed by atoms with Crippen molar-refractivity contribution in [3.8, 4) is 0 Å². The molecule has 9 heteroatoms. The molecule has 0 spiro atoms. The maximum atomic E-state index is 12.8. The van der Waals surface area contributed by atoms with Crippen molar-refractivity contribution in [1.29, 1.82) is 0 Å². The molecule has 1 fully saturated rings. The summed E-state index contributed by atoms with van der Waals surface area (Å²) in [6.07, 6.45) is 2.01. The molecule has 0 aliphatic carbocycles. The molecule has 1 saturated heterocycles. The van der Waals surface area contributed by atoms with Gasteiger partial charge < -0.3 is 10.6 Å². The van der Waals surface area contributed by atoms with E-state index in [4.69, 9.17) is 4.98 Å². The molecule has 1 aliphatic rings. The van der Waals surface area contributed by atoms with E-state index in [1.54, 1.807) is 11.3 Å². The van der Waals surface area contributed by atoms with Crippen LogP contribution in [-0.2, 0) is 5.41 Å². The summed E-state index contributed by atoms with van der Waals surface area (Å²) in [5.41, 5.74) is 2.92. The van der Waals surface area contributed by atoms with Gasteiger partial charge in [0, 0.05) is 11.1 Å². The minimum Gasteiger partial charge on any atom is -0.320 e. The second-order valence-corrected chi connectivity index (χ2v) is 9.39. The van der Waals surface area contributed by atoms with E-state index in [1.165, 1.54) is 0 Å². The van der Waals surface area contributed by atoms with Gasteiger partial charge in [-0.25, -0.2) is 9.67 Å². The van der Waals surface area contributed by atoms with E-state index >= 15 is 0 Å². The largest absolute Gasteiger partial charge is 0.320 e. The van der Waals surface area contributed by atoms with Gasteiger partial charge in [-0.05, 0) is 51.1 Å². The molecule has 2 N–H and O–H groups in total. The average molecular weight is 435 g/mol. The third kappa shape index (κ3) is 4.44. The van der Waals surface area contributed by atoms with Crippen LogP contribution in [0.4, 0.5) is 5.69 Å². The third-order valence-corrected chi connectivity index (χ3v) is 6.53. The topological polar surface area (TPSA) is 84.7 Å². The van der Waals surface area contributed by atoms with Gasteiger partial charge in [0.2, 0.25) is 0 Å². The SMILES string of the molecule is Cc1c(C(=O)Nc2ccc3nc(C(C)(C)C)sc3c2)nnn1C1CCNCC1.Cl. The molecule has 1 amide bonds. The number of carbonyl (C=O) groups is 1. The van der Waals surface area contributed by atoms with Gasteiger partial charge in [0.1, 0.15) is 0 Å². The van der Waals surface area contributed by atoms with Crippen LogP contribution in [0.5, 0.6) is 0 Å². The fraction of sp³-hybridized carbons (Fsp3) is 0.500. The summed E-state index contributed by atoms with van der Waals surface area (Å²) in [6, 6.07) is 6.13. The van der Waals surface area contributed by atoms with Crippen molar-refractivity contribution in [3.05, 3.63) is 34.6 Å². The Labute approximate surface area is 180 Å². The van der Waals surface area contributed by atoms with E-state index in [9.17, 15) is 4.79 Å². The van der Waals surface area contributed by atoms with E-state index < -0.39 is 0 Å². The van der Waals surface area contributed by atoms with E-state index in [-0.39, 0.29) is 23.7 Å². The summed E-state index contributed by atoms with van der Waals surface area (Å²) in [5.74, 6) is -0.224. The highest BCUT2D eigenvalue weighted by molar-refractivity contribution is 7.18. The van der Waals surface area contributed by atoms with Gasteiger partial charge in [0.15, 0.2) is 5.69 Å². The van der Waals surface area contributed by atoms with Gasteiger partial charge in [-0.2, -0.15) is 0 Å². The Kier molecular flexibility index (Phi) is 6.26. The van der Waals surface area contributed by atoms with Crippen molar-refractivity contribution in [1.82, 2.24) is 25.3 Å². The van der Waals surface area contributed by atoms with Crippen molar-refractivity contribution in [2.45, 2.75) is 52.0 Å². The Bertz CT molecular complexity index is 1020. The Morgan fingerprint density at radius 3 is 2.69 bits per heavy atom. The first-order valence-corrected chi connectivity index (χ1v) is 10.5. The molecule has 0 unspecified atom stereocenters. The Morgan fingerprint density at radius 2 is 2.00 bits per heavy atom. The lowest BCUT2D eigenvalue weighted by Gasteiger charge is -2.23. The van der Waals surface area contributed by atoms with Gasteiger partial charge in [-0.1, -0.05) is 26.0 Å². The number of halogens is 1. The minimum atomic E-state index is -0.224. The van der Waals surface area contributed by atoms with Crippen molar-refractivity contribution < 1.29 is 4.79 Å². The molecule has 156 valence electrons. The number of thiazole rings is 1. The molecule has 0 radical (unpaired) electrons. The summed E-state index contributed by atoms with van der Waals surface area (Å²) >= 11 is 1.67. The van der Waals surface area contributed by atoms with Crippen LogP contribution in [0.15, 0.2) is 18.2 Å². The molecule has 1 aliphatic heterocycles. The molecule has 3 aromatic rings. The van der Waals surface area contributed by atoms with Gasteiger partial charge in [-0.3, -0.25) is 4.79 Å². The van der Waals surface area contributed by atoms with E-state index in [2.05, 4.69) is 41.7 Å². The third-order valence-electron chi connectivity index (χ3n) is 5.08. The van der Waals surface area contributed by atoms with Crippen LogP contribution in [0.3, 0.4) is 0 Å². The van der Waals surface area contributed by atoms with E-state index in [0.717, 1.165) is 52.5 Å². The molecule has 4 rings (SSSR count). The number of hydrogen-bond acceptors (Lipinski definition) is 6. The van der Waals surface area contributed by atoms with Gasteiger partial charge in [0.25, 0.3) is 5.91 Å². The monoisotopic (exact) mass is 434 g/mol. The highest BCUT2D eigenvalue weighted by Crippen LogP contribution is 2.32. The number of carbonyl (C=O) groups excluding carboxylic acids is 1. The fourth-order valence-corrected chi connectivity index (χ4v) is 4.52. The molecule has 2 aromatic heterocycles. The molecule has 3 heterocycles. The number of benzene rings is 1. The normalized spacial score (nSPS) is 15.3. The first kappa shape index (κ1) is 21.7. The molecular formula is C20H27ClN6OS. The summed E-state index contributed by atoms with van der Waals surface area (Å²) in [4.78, 5) is 17.5. The number of nitrogens with one attached hydrogen (secondary N) is 2. The Hall–Kier alpha value is -2.03. The quantitative estimate of drug-likeness (QED) is 0.648. The maximum Gasteiger partial charge on any atom is 0.278 e. The van der Waals surface area contributed by atoms with Crippen LogP contribution in [0.25, 0.3) is 10.2 Å². The number of fused-ring (bicyclic) bond motifs is 1. The van der Waals surface area contributed by atoms with Crippen molar-refractivity contribution in [2.75, 3.05) is 18.4 Å². The number of piperidine rings is 1. The number of anilines is 1. The fourth-order valence-electron chi connectivity index (χ4n) is 3.46. The van der Waals surface area contributed by atoms with Gasteiger partial charge >= 0.3 is 0 Å². The zero-order valence-corrected chi connectivity index (χ0v) is 18.8. The molecule has 29 heavy (non-hydrogen) atoms. The summed E-state index contributed by atoms with van der Waals surface area (Å²) in [7, 11) is 0. The van der Waals surface area contributed by atoms with Gasteiger partial charge in [-0.15, -0.1) is 28.8 Å². The minimum absolute atomic E-state index is 0. The van der Waals surface area contributed by atoms with Crippen LogP contribution in [0.1, 0.15) is 60.8 Å². The summed E-state index contributed by atoms with van der Waals surface area (Å²) in [6.45, 7) is 10.3. The summed E-state index contributed by atoms with van der Waals surface area (Å²) < 4.78 is 2.97. The lowest BCUT2D eigenvalue weighted by atomic mass is 9.98.